The van der Waals surface area contributed by atoms with Crippen molar-refractivity contribution >= 4 is 32.5 Å². The van der Waals surface area contributed by atoms with E-state index in [4.69, 9.17) is 0 Å². The Kier molecular flexibility index (Phi) is 6.33. The van der Waals surface area contributed by atoms with Crippen LogP contribution in [-0.2, 0) is 21.4 Å². The van der Waals surface area contributed by atoms with E-state index in [-0.39, 0.29) is 17.0 Å². The van der Waals surface area contributed by atoms with Gasteiger partial charge in [-0.05, 0) is 42.8 Å². The van der Waals surface area contributed by atoms with Crippen molar-refractivity contribution in [2.24, 2.45) is 0 Å². The van der Waals surface area contributed by atoms with Crippen LogP contribution < -0.4 is 10.9 Å². The first-order chi connectivity index (χ1) is 14.3. The van der Waals surface area contributed by atoms with Crippen LogP contribution in [0, 0.1) is 6.92 Å². The second-order valence-corrected chi connectivity index (χ2v) is 8.75. The van der Waals surface area contributed by atoms with Gasteiger partial charge in [-0.1, -0.05) is 26.0 Å². The lowest BCUT2D eigenvalue weighted by atomic mass is 10.1. The van der Waals surface area contributed by atoms with E-state index in [9.17, 15) is 18.0 Å². The monoisotopic (exact) mass is 428 g/mol. The maximum Gasteiger partial charge on any atom is 0.261 e. The number of benzene rings is 2. The summed E-state index contributed by atoms with van der Waals surface area (Å²) < 4.78 is 27.7. The van der Waals surface area contributed by atoms with Crippen molar-refractivity contribution < 1.29 is 13.2 Å². The van der Waals surface area contributed by atoms with Gasteiger partial charge in [0.15, 0.2) is 0 Å². The lowest BCUT2D eigenvalue weighted by molar-refractivity contribution is -0.116. The number of nitrogens with zero attached hydrogens (tertiary/aromatic N) is 3. The molecule has 0 aliphatic carbocycles. The Morgan fingerprint density at radius 3 is 2.40 bits per heavy atom. The fourth-order valence-corrected chi connectivity index (χ4v) is 4.69. The summed E-state index contributed by atoms with van der Waals surface area (Å²) in [6, 6.07) is 11.3. The number of aromatic nitrogens is 2. The van der Waals surface area contributed by atoms with E-state index in [0.29, 0.717) is 29.7 Å². The molecule has 3 rings (SSSR count). The molecule has 0 bridgehead atoms. The van der Waals surface area contributed by atoms with Crippen molar-refractivity contribution in [2.45, 2.75) is 32.2 Å². The number of fused-ring (bicyclic) bond motifs is 1. The first kappa shape index (κ1) is 21.7. The van der Waals surface area contributed by atoms with Gasteiger partial charge >= 0.3 is 0 Å². The summed E-state index contributed by atoms with van der Waals surface area (Å²) in [5.74, 6) is -0.412. The summed E-state index contributed by atoms with van der Waals surface area (Å²) in [6.45, 7) is 5.99. The van der Waals surface area contributed by atoms with E-state index in [1.54, 1.807) is 26.0 Å². The number of carbonyl (C=O) groups excluding carboxylic acids is 1. The SMILES string of the molecule is CCN(CC)S(=O)(=O)c1ccc(NC(=O)Cn2cnc3c(C)cccc3c2=O)cc1. The molecule has 0 radical (unpaired) electrons. The summed E-state index contributed by atoms with van der Waals surface area (Å²) in [4.78, 5) is 29.5. The van der Waals surface area contributed by atoms with Crippen LogP contribution in [0.15, 0.2) is 58.5 Å². The smallest absolute Gasteiger partial charge is 0.261 e. The minimum atomic E-state index is -3.56. The van der Waals surface area contributed by atoms with E-state index in [0.717, 1.165) is 5.56 Å². The van der Waals surface area contributed by atoms with Gasteiger partial charge in [0.2, 0.25) is 15.9 Å². The zero-order valence-electron chi connectivity index (χ0n) is 17.1. The molecular weight excluding hydrogens is 404 g/mol. The van der Waals surface area contributed by atoms with Crippen LogP contribution in [0.3, 0.4) is 0 Å². The number of amides is 1. The van der Waals surface area contributed by atoms with Gasteiger partial charge in [0.25, 0.3) is 5.56 Å². The highest BCUT2D eigenvalue weighted by Gasteiger charge is 2.21. The number of para-hydroxylation sites is 1. The molecule has 1 N–H and O–H groups in total. The van der Waals surface area contributed by atoms with Gasteiger partial charge < -0.3 is 5.32 Å². The highest BCUT2D eigenvalue weighted by atomic mass is 32.2. The predicted molar refractivity (Wildman–Crippen MR) is 116 cm³/mol. The Bertz CT molecular complexity index is 1230. The number of hydrogen-bond donors (Lipinski definition) is 1. The quantitative estimate of drug-likeness (QED) is 0.623. The molecular formula is C21H24N4O4S. The summed E-state index contributed by atoms with van der Waals surface area (Å²) >= 11 is 0. The molecule has 9 heteroatoms. The van der Waals surface area contributed by atoms with E-state index in [1.165, 1.54) is 39.5 Å². The lowest BCUT2D eigenvalue weighted by Crippen LogP contribution is -2.30. The Balaban J connectivity index is 1.75. The second kappa shape index (κ2) is 8.76. The van der Waals surface area contributed by atoms with Crippen molar-refractivity contribution in [3.63, 3.8) is 0 Å². The third kappa shape index (κ3) is 4.27. The highest BCUT2D eigenvalue weighted by Crippen LogP contribution is 2.18. The molecule has 8 nitrogen and oxygen atoms in total. The normalized spacial score (nSPS) is 11.7. The van der Waals surface area contributed by atoms with Crippen LogP contribution in [0.1, 0.15) is 19.4 Å². The molecule has 3 aromatic rings. The second-order valence-electron chi connectivity index (χ2n) is 6.81. The molecule has 0 aliphatic rings. The molecule has 0 unspecified atom stereocenters. The van der Waals surface area contributed by atoms with Crippen LogP contribution in [0.5, 0.6) is 0 Å². The average molecular weight is 429 g/mol. The first-order valence-corrected chi connectivity index (χ1v) is 11.1. The summed E-state index contributed by atoms with van der Waals surface area (Å²) in [5, 5.41) is 3.13. The van der Waals surface area contributed by atoms with E-state index >= 15 is 0 Å². The topological polar surface area (TPSA) is 101 Å². The van der Waals surface area contributed by atoms with Gasteiger partial charge in [0.1, 0.15) is 6.54 Å². The van der Waals surface area contributed by atoms with Crippen molar-refractivity contribution in [3.8, 4) is 0 Å². The molecule has 1 heterocycles. The minimum absolute atomic E-state index is 0.162. The number of carbonyl (C=O) groups is 1. The van der Waals surface area contributed by atoms with Crippen LogP contribution in [-0.4, -0.2) is 41.3 Å². The van der Waals surface area contributed by atoms with Crippen LogP contribution >= 0.6 is 0 Å². The number of rotatable bonds is 7. The third-order valence-electron chi connectivity index (χ3n) is 4.85. The molecule has 0 spiro atoms. The third-order valence-corrected chi connectivity index (χ3v) is 6.91. The maximum atomic E-state index is 12.6. The Hall–Kier alpha value is -3.04. The molecule has 0 fully saturated rings. The molecule has 0 atom stereocenters. The molecule has 1 amide bonds. The van der Waals surface area contributed by atoms with Crippen molar-refractivity contribution in [1.82, 2.24) is 13.9 Å². The Labute approximate surface area is 175 Å². The molecule has 0 saturated carbocycles. The van der Waals surface area contributed by atoms with Crippen molar-refractivity contribution in [2.75, 3.05) is 18.4 Å². The van der Waals surface area contributed by atoms with Gasteiger partial charge in [-0.2, -0.15) is 4.31 Å². The maximum absolute atomic E-state index is 12.6. The largest absolute Gasteiger partial charge is 0.325 e. The molecule has 0 saturated heterocycles. The minimum Gasteiger partial charge on any atom is -0.325 e. The van der Waals surface area contributed by atoms with Crippen LogP contribution in [0.4, 0.5) is 5.69 Å². The van der Waals surface area contributed by atoms with E-state index in [1.807, 2.05) is 13.0 Å². The van der Waals surface area contributed by atoms with Gasteiger partial charge in [-0.25, -0.2) is 13.4 Å². The fourth-order valence-electron chi connectivity index (χ4n) is 3.23. The van der Waals surface area contributed by atoms with E-state index in [2.05, 4.69) is 10.3 Å². The molecule has 1 aromatic heterocycles. The summed E-state index contributed by atoms with van der Waals surface area (Å²) in [6.07, 6.45) is 1.36. The van der Waals surface area contributed by atoms with Crippen molar-refractivity contribution in [1.29, 1.82) is 0 Å². The zero-order valence-corrected chi connectivity index (χ0v) is 17.9. The number of sulfonamides is 1. The summed E-state index contributed by atoms with van der Waals surface area (Å²) in [5.41, 5.74) is 1.65. The van der Waals surface area contributed by atoms with Gasteiger partial charge in [-0.15, -0.1) is 0 Å². The zero-order chi connectivity index (χ0) is 21.9. The summed E-state index contributed by atoms with van der Waals surface area (Å²) in [7, 11) is -3.56. The number of aryl methyl sites for hydroxylation is 1. The predicted octanol–water partition coefficient (Wildman–Crippen LogP) is 2.37. The molecule has 158 valence electrons. The fraction of sp³-hybridized carbons (Fsp3) is 0.286. The number of hydrogen-bond acceptors (Lipinski definition) is 5. The van der Waals surface area contributed by atoms with Gasteiger partial charge in [0, 0.05) is 18.8 Å². The number of nitrogens with one attached hydrogen (secondary N) is 1. The van der Waals surface area contributed by atoms with E-state index < -0.39 is 15.9 Å². The first-order valence-electron chi connectivity index (χ1n) is 9.62. The Morgan fingerprint density at radius 2 is 1.77 bits per heavy atom. The highest BCUT2D eigenvalue weighted by molar-refractivity contribution is 7.89. The van der Waals surface area contributed by atoms with Gasteiger partial charge in [-0.3, -0.25) is 14.2 Å². The van der Waals surface area contributed by atoms with Gasteiger partial charge in [0.05, 0.1) is 22.1 Å². The molecule has 2 aromatic carbocycles. The van der Waals surface area contributed by atoms with Crippen molar-refractivity contribution in [3.05, 3.63) is 64.7 Å². The molecule has 30 heavy (non-hydrogen) atoms. The Morgan fingerprint density at radius 1 is 1.10 bits per heavy atom. The molecule has 0 aliphatic heterocycles. The van der Waals surface area contributed by atoms with Crippen LogP contribution in [0.2, 0.25) is 0 Å². The standard InChI is InChI=1S/C21H24N4O4S/c1-4-25(5-2)30(28,29)17-11-9-16(10-12-17)23-19(26)13-24-14-22-20-15(3)7-6-8-18(20)21(24)27/h6-12,14H,4-5,13H2,1-3H3,(H,23,26). The average Bonchev–Trinajstić information content (AvgIpc) is 2.71. The van der Waals surface area contributed by atoms with Crippen LogP contribution in [0.25, 0.3) is 10.9 Å². The number of anilines is 1. The lowest BCUT2D eigenvalue weighted by Gasteiger charge is -2.18.